The summed E-state index contributed by atoms with van der Waals surface area (Å²) in [7, 11) is -3.30. The fourth-order valence-electron chi connectivity index (χ4n) is 3.37. The van der Waals surface area contributed by atoms with E-state index >= 15 is 0 Å². The molecule has 28 heavy (non-hydrogen) atoms. The average molecular weight is 406 g/mol. The van der Waals surface area contributed by atoms with Gasteiger partial charge in [-0.1, -0.05) is 24.3 Å². The maximum atomic E-state index is 12.5. The smallest absolute Gasteiger partial charge is 0.273 e. The van der Waals surface area contributed by atoms with Crippen LogP contribution < -0.4 is 5.32 Å². The average Bonchev–Trinajstić information content (AvgIpc) is 3.06. The van der Waals surface area contributed by atoms with Crippen LogP contribution in [0.15, 0.2) is 18.2 Å². The Morgan fingerprint density at radius 3 is 2.75 bits per heavy atom. The minimum atomic E-state index is -3.30. The molecule has 1 aliphatic heterocycles. The number of carbonyl (C=O) groups is 1. The number of hydrogen-bond acceptors (Lipinski definition) is 5. The minimum absolute atomic E-state index is 0.232. The van der Waals surface area contributed by atoms with Crippen molar-refractivity contribution in [3.63, 3.8) is 0 Å². The molecule has 0 unspecified atom stereocenters. The van der Waals surface area contributed by atoms with Gasteiger partial charge in [-0.05, 0) is 50.8 Å². The van der Waals surface area contributed by atoms with Crippen LogP contribution >= 0.6 is 0 Å². The van der Waals surface area contributed by atoms with E-state index in [1.165, 1.54) is 0 Å². The fraction of sp³-hybridized carbons (Fsp3) is 0.526. The third-order valence-electron chi connectivity index (χ3n) is 5.04. The summed E-state index contributed by atoms with van der Waals surface area (Å²) >= 11 is 0. The molecule has 0 radical (unpaired) electrons. The fourth-order valence-corrected chi connectivity index (χ4v) is 4.63. The summed E-state index contributed by atoms with van der Waals surface area (Å²) in [6.07, 6.45) is 1.44. The molecule has 2 aromatic rings. The van der Waals surface area contributed by atoms with Gasteiger partial charge in [0.15, 0.2) is 5.69 Å². The molecule has 0 atom stereocenters. The predicted molar refractivity (Wildman–Crippen MR) is 107 cm³/mol. The minimum Gasteiger partial charge on any atom is -0.351 e. The molecular formula is C19H27N5O3S. The first-order valence-corrected chi connectivity index (χ1v) is 11.1. The SMILES string of the molecule is CCCNC(=O)c1nnn(-c2cccc3c2CCN(S(=O)(=O)C(C)C)C3)c1C. The maximum Gasteiger partial charge on any atom is 0.273 e. The number of sulfonamides is 1. The van der Waals surface area contributed by atoms with Crippen molar-refractivity contribution in [3.05, 3.63) is 40.7 Å². The highest BCUT2D eigenvalue weighted by Crippen LogP contribution is 2.28. The van der Waals surface area contributed by atoms with E-state index < -0.39 is 15.3 Å². The normalized spacial score (nSPS) is 14.9. The molecule has 0 aliphatic carbocycles. The molecule has 8 nitrogen and oxygen atoms in total. The van der Waals surface area contributed by atoms with Crippen LogP contribution in [-0.4, -0.2) is 52.0 Å². The molecule has 1 aliphatic rings. The largest absolute Gasteiger partial charge is 0.351 e. The predicted octanol–water partition coefficient (Wildman–Crippen LogP) is 1.81. The van der Waals surface area contributed by atoms with Gasteiger partial charge in [0.1, 0.15) is 0 Å². The monoisotopic (exact) mass is 405 g/mol. The van der Waals surface area contributed by atoms with Gasteiger partial charge < -0.3 is 5.32 Å². The quantitative estimate of drug-likeness (QED) is 0.791. The Balaban J connectivity index is 1.93. The van der Waals surface area contributed by atoms with E-state index in [-0.39, 0.29) is 5.91 Å². The Bertz CT molecular complexity index is 981. The van der Waals surface area contributed by atoms with Gasteiger partial charge in [0.05, 0.1) is 16.6 Å². The number of nitrogens with zero attached hydrogens (tertiary/aromatic N) is 4. The van der Waals surface area contributed by atoms with Crippen molar-refractivity contribution >= 4 is 15.9 Å². The molecule has 152 valence electrons. The molecule has 1 aromatic carbocycles. The van der Waals surface area contributed by atoms with E-state index in [4.69, 9.17) is 0 Å². The Labute approximate surface area is 166 Å². The molecule has 3 rings (SSSR count). The number of amides is 1. The van der Waals surface area contributed by atoms with Crippen molar-refractivity contribution in [2.75, 3.05) is 13.1 Å². The zero-order valence-corrected chi connectivity index (χ0v) is 17.6. The Morgan fingerprint density at radius 1 is 1.32 bits per heavy atom. The van der Waals surface area contributed by atoms with E-state index in [0.717, 1.165) is 23.2 Å². The molecular weight excluding hydrogens is 378 g/mol. The molecule has 0 saturated heterocycles. The molecule has 0 spiro atoms. The molecule has 9 heteroatoms. The van der Waals surface area contributed by atoms with E-state index in [1.54, 1.807) is 22.8 Å². The van der Waals surface area contributed by atoms with Crippen LogP contribution in [0.3, 0.4) is 0 Å². The number of nitrogens with one attached hydrogen (secondary N) is 1. The van der Waals surface area contributed by atoms with E-state index in [0.29, 0.717) is 37.4 Å². The zero-order valence-electron chi connectivity index (χ0n) is 16.8. The van der Waals surface area contributed by atoms with E-state index in [1.807, 2.05) is 32.0 Å². The van der Waals surface area contributed by atoms with Crippen molar-refractivity contribution in [1.29, 1.82) is 0 Å². The summed E-state index contributed by atoms with van der Waals surface area (Å²) < 4.78 is 28.3. The Morgan fingerprint density at radius 2 is 2.07 bits per heavy atom. The third kappa shape index (κ3) is 3.68. The van der Waals surface area contributed by atoms with Gasteiger partial charge in [-0.2, -0.15) is 4.31 Å². The summed E-state index contributed by atoms with van der Waals surface area (Å²) in [6, 6.07) is 5.76. The van der Waals surface area contributed by atoms with Gasteiger partial charge in [0, 0.05) is 19.6 Å². The number of carbonyl (C=O) groups excluding carboxylic acids is 1. The number of fused-ring (bicyclic) bond motifs is 1. The van der Waals surface area contributed by atoms with E-state index in [2.05, 4.69) is 15.6 Å². The Kier molecular flexibility index (Phi) is 5.85. The van der Waals surface area contributed by atoms with Crippen LogP contribution in [0.2, 0.25) is 0 Å². The second kappa shape index (κ2) is 8.00. The van der Waals surface area contributed by atoms with E-state index in [9.17, 15) is 13.2 Å². The number of hydrogen-bond donors (Lipinski definition) is 1. The van der Waals surface area contributed by atoms with Gasteiger partial charge in [0.2, 0.25) is 10.0 Å². The van der Waals surface area contributed by atoms with Crippen LogP contribution in [0.25, 0.3) is 5.69 Å². The first-order valence-electron chi connectivity index (χ1n) is 9.58. The van der Waals surface area contributed by atoms with Crippen LogP contribution in [-0.2, 0) is 23.0 Å². The molecule has 1 amide bonds. The standard InChI is InChI=1S/C19H27N5O3S/c1-5-10-20-19(25)18-14(4)24(22-21-18)17-8-6-7-15-12-23(11-9-16(15)17)28(26,27)13(2)3/h6-8,13H,5,9-12H2,1-4H3,(H,20,25). The summed E-state index contributed by atoms with van der Waals surface area (Å²) in [5, 5.41) is 10.6. The van der Waals surface area contributed by atoms with Gasteiger partial charge in [-0.3, -0.25) is 4.79 Å². The van der Waals surface area contributed by atoms with Crippen LogP contribution in [0.5, 0.6) is 0 Å². The molecule has 1 aromatic heterocycles. The van der Waals surface area contributed by atoms with Crippen molar-refractivity contribution in [3.8, 4) is 5.69 Å². The molecule has 0 saturated carbocycles. The zero-order chi connectivity index (χ0) is 20.5. The topological polar surface area (TPSA) is 97.2 Å². The highest BCUT2D eigenvalue weighted by atomic mass is 32.2. The summed E-state index contributed by atoms with van der Waals surface area (Å²) in [6.45, 7) is 8.58. The molecule has 2 heterocycles. The highest BCUT2D eigenvalue weighted by molar-refractivity contribution is 7.89. The first-order chi connectivity index (χ1) is 13.3. The maximum absolute atomic E-state index is 12.5. The second-order valence-electron chi connectivity index (χ2n) is 7.28. The van der Waals surface area contributed by atoms with Gasteiger partial charge in [-0.25, -0.2) is 13.1 Å². The van der Waals surface area contributed by atoms with Gasteiger partial charge in [-0.15, -0.1) is 5.10 Å². The highest BCUT2D eigenvalue weighted by Gasteiger charge is 2.30. The molecule has 0 bridgehead atoms. The number of rotatable bonds is 6. The van der Waals surface area contributed by atoms with Crippen molar-refractivity contribution in [2.45, 2.75) is 52.3 Å². The lowest BCUT2D eigenvalue weighted by Crippen LogP contribution is -2.40. The van der Waals surface area contributed by atoms with Crippen molar-refractivity contribution in [2.24, 2.45) is 0 Å². The summed E-state index contributed by atoms with van der Waals surface area (Å²) in [5.41, 5.74) is 3.83. The lowest BCUT2D eigenvalue weighted by Gasteiger charge is -2.30. The van der Waals surface area contributed by atoms with Crippen molar-refractivity contribution in [1.82, 2.24) is 24.6 Å². The summed E-state index contributed by atoms with van der Waals surface area (Å²) in [4.78, 5) is 12.3. The number of aromatic nitrogens is 3. The second-order valence-corrected chi connectivity index (χ2v) is 9.77. The van der Waals surface area contributed by atoms with Crippen molar-refractivity contribution < 1.29 is 13.2 Å². The van der Waals surface area contributed by atoms with Gasteiger partial charge >= 0.3 is 0 Å². The Hall–Kier alpha value is -2.26. The van der Waals surface area contributed by atoms with Crippen LogP contribution in [0, 0.1) is 6.92 Å². The first kappa shape index (κ1) is 20.5. The number of benzene rings is 1. The lowest BCUT2D eigenvalue weighted by atomic mass is 9.99. The van der Waals surface area contributed by atoms with Gasteiger partial charge in [0.25, 0.3) is 5.91 Å². The molecule has 0 fully saturated rings. The van der Waals surface area contributed by atoms with Crippen LogP contribution in [0.4, 0.5) is 0 Å². The van der Waals surface area contributed by atoms with Crippen LogP contribution in [0.1, 0.15) is 54.5 Å². The lowest BCUT2D eigenvalue weighted by molar-refractivity contribution is 0.0948. The molecule has 1 N–H and O–H groups in total. The summed E-state index contributed by atoms with van der Waals surface area (Å²) in [5.74, 6) is -0.232. The third-order valence-corrected chi connectivity index (χ3v) is 7.26.